The molecule has 0 fully saturated rings. The van der Waals surface area contributed by atoms with Crippen LogP contribution in [0.4, 0.5) is 0 Å². The Balaban J connectivity index is 1.83. The number of nitrogens with zero attached hydrogens (tertiary/aromatic N) is 2. The van der Waals surface area contributed by atoms with Crippen molar-refractivity contribution in [3.8, 4) is 0 Å². The predicted molar refractivity (Wildman–Crippen MR) is 64.2 cm³/mol. The van der Waals surface area contributed by atoms with E-state index in [0.717, 1.165) is 24.5 Å². The molecule has 2 aromatic rings. The van der Waals surface area contributed by atoms with Gasteiger partial charge in [-0.1, -0.05) is 30.3 Å². The van der Waals surface area contributed by atoms with Crippen LogP contribution in [0.3, 0.4) is 0 Å². The Bertz CT molecular complexity index is 409. The lowest BCUT2D eigenvalue weighted by atomic mass is 10.1. The van der Waals surface area contributed by atoms with Gasteiger partial charge in [0.15, 0.2) is 5.16 Å². The molecular formula is C12H14N2S. The number of aromatic nitrogens is 2. The van der Waals surface area contributed by atoms with Crippen LogP contribution < -0.4 is 0 Å². The normalized spacial score (nSPS) is 10.5. The van der Waals surface area contributed by atoms with Gasteiger partial charge in [0.1, 0.15) is 0 Å². The first kappa shape index (κ1) is 10.3. The molecule has 2 rings (SSSR count). The molecule has 3 heteroatoms. The van der Waals surface area contributed by atoms with Crippen LogP contribution in [0.5, 0.6) is 0 Å². The Hall–Kier alpha value is -1.22. The molecule has 0 atom stereocenters. The minimum Gasteiger partial charge on any atom is -0.326 e. The minimum atomic E-state index is 0.795. The SMILES string of the molecule is Sc1nccn1CCCc1ccccc1. The van der Waals surface area contributed by atoms with Crippen LogP contribution in [-0.2, 0) is 13.0 Å². The van der Waals surface area contributed by atoms with Crippen LogP contribution in [0.25, 0.3) is 0 Å². The lowest BCUT2D eigenvalue weighted by Crippen LogP contribution is -1.98. The molecule has 15 heavy (non-hydrogen) atoms. The van der Waals surface area contributed by atoms with Crippen molar-refractivity contribution in [2.24, 2.45) is 0 Å². The zero-order valence-corrected chi connectivity index (χ0v) is 9.40. The van der Waals surface area contributed by atoms with E-state index in [4.69, 9.17) is 0 Å². The number of hydrogen-bond donors (Lipinski definition) is 1. The van der Waals surface area contributed by atoms with E-state index < -0.39 is 0 Å². The maximum Gasteiger partial charge on any atom is 0.164 e. The number of hydrogen-bond acceptors (Lipinski definition) is 2. The van der Waals surface area contributed by atoms with Crippen LogP contribution in [-0.4, -0.2) is 9.55 Å². The van der Waals surface area contributed by atoms with Crippen molar-refractivity contribution in [3.05, 3.63) is 48.3 Å². The summed E-state index contributed by atoms with van der Waals surface area (Å²) in [5.41, 5.74) is 1.39. The number of rotatable bonds is 4. The van der Waals surface area contributed by atoms with Crippen LogP contribution in [0.2, 0.25) is 0 Å². The summed E-state index contributed by atoms with van der Waals surface area (Å²) in [4.78, 5) is 4.07. The maximum absolute atomic E-state index is 4.26. The molecule has 0 unspecified atom stereocenters. The first-order valence-electron chi connectivity index (χ1n) is 5.10. The van der Waals surface area contributed by atoms with Crippen LogP contribution >= 0.6 is 12.6 Å². The average Bonchev–Trinajstić information content (AvgIpc) is 2.66. The summed E-state index contributed by atoms with van der Waals surface area (Å²) in [5, 5.41) is 0.795. The van der Waals surface area contributed by atoms with E-state index in [-0.39, 0.29) is 0 Å². The highest BCUT2D eigenvalue weighted by atomic mass is 32.1. The molecule has 0 aliphatic carbocycles. The standard InChI is InChI=1S/C12H14N2S/c15-12-13-8-10-14(12)9-4-7-11-5-2-1-3-6-11/h1-3,5-6,8,10H,4,7,9H2,(H,13,15). The first-order chi connectivity index (χ1) is 7.36. The van der Waals surface area contributed by atoms with Gasteiger partial charge < -0.3 is 4.57 Å². The number of aryl methyl sites for hydroxylation is 2. The number of thiol groups is 1. The van der Waals surface area contributed by atoms with E-state index in [2.05, 4.69) is 46.4 Å². The molecule has 1 heterocycles. The molecular weight excluding hydrogens is 204 g/mol. The van der Waals surface area contributed by atoms with Crippen LogP contribution in [0, 0.1) is 0 Å². The van der Waals surface area contributed by atoms with E-state index in [9.17, 15) is 0 Å². The second kappa shape index (κ2) is 5.03. The fourth-order valence-electron chi connectivity index (χ4n) is 1.59. The Kier molecular flexibility index (Phi) is 3.45. The highest BCUT2D eigenvalue weighted by Gasteiger charge is 1.97. The molecule has 1 aromatic heterocycles. The molecule has 78 valence electrons. The average molecular weight is 218 g/mol. The summed E-state index contributed by atoms with van der Waals surface area (Å²) in [5.74, 6) is 0. The van der Waals surface area contributed by atoms with Gasteiger partial charge >= 0.3 is 0 Å². The molecule has 0 spiro atoms. The zero-order chi connectivity index (χ0) is 10.5. The number of imidazole rings is 1. The lowest BCUT2D eigenvalue weighted by Gasteiger charge is -2.04. The Labute approximate surface area is 95.4 Å². The summed E-state index contributed by atoms with van der Waals surface area (Å²) < 4.78 is 2.06. The van der Waals surface area contributed by atoms with Crippen molar-refractivity contribution >= 4 is 12.6 Å². The van der Waals surface area contributed by atoms with Crippen molar-refractivity contribution < 1.29 is 0 Å². The molecule has 1 aromatic carbocycles. The third kappa shape index (κ3) is 2.86. The van der Waals surface area contributed by atoms with Gasteiger partial charge in [0.05, 0.1) is 0 Å². The molecule has 0 radical (unpaired) electrons. The lowest BCUT2D eigenvalue weighted by molar-refractivity contribution is 0.596. The van der Waals surface area contributed by atoms with E-state index in [1.807, 2.05) is 12.3 Å². The topological polar surface area (TPSA) is 17.8 Å². The second-order valence-electron chi connectivity index (χ2n) is 3.51. The fourth-order valence-corrected chi connectivity index (χ4v) is 1.83. The van der Waals surface area contributed by atoms with Crippen molar-refractivity contribution in [2.75, 3.05) is 0 Å². The van der Waals surface area contributed by atoms with Crippen molar-refractivity contribution in [2.45, 2.75) is 24.5 Å². The monoisotopic (exact) mass is 218 g/mol. The van der Waals surface area contributed by atoms with Gasteiger partial charge in [-0.3, -0.25) is 0 Å². The van der Waals surface area contributed by atoms with Gasteiger partial charge in [-0.15, -0.1) is 12.6 Å². The predicted octanol–water partition coefficient (Wildman–Crippen LogP) is 2.80. The highest BCUT2D eigenvalue weighted by molar-refractivity contribution is 7.80. The molecule has 0 bridgehead atoms. The Morgan fingerprint density at radius 2 is 2.00 bits per heavy atom. The molecule has 0 aliphatic rings. The largest absolute Gasteiger partial charge is 0.326 e. The van der Waals surface area contributed by atoms with Crippen molar-refractivity contribution in [3.63, 3.8) is 0 Å². The van der Waals surface area contributed by atoms with E-state index in [1.165, 1.54) is 5.56 Å². The summed E-state index contributed by atoms with van der Waals surface area (Å²) >= 11 is 4.26. The molecule has 2 nitrogen and oxygen atoms in total. The Morgan fingerprint density at radius 1 is 1.20 bits per heavy atom. The van der Waals surface area contributed by atoms with Crippen molar-refractivity contribution in [1.82, 2.24) is 9.55 Å². The molecule has 0 amide bonds. The fraction of sp³-hybridized carbons (Fsp3) is 0.250. The van der Waals surface area contributed by atoms with Gasteiger partial charge in [-0.2, -0.15) is 0 Å². The van der Waals surface area contributed by atoms with Crippen LogP contribution in [0.1, 0.15) is 12.0 Å². The quantitative estimate of drug-likeness (QED) is 0.781. The third-order valence-corrected chi connectivity index (χ3v) is 2.77. The summed E-state index contributed by atoms with van der Waals surface area (Å²) in [6.45, 7) is 0.980. The summed E-state index contributed by atoms with van der Waals surface area (Å²) in [6.07, 6.45) is 5.97. The smallest absolute Gasteiger partial charge is 0.164 e. The maximum atomic E-state index is 4.26. The molecule has 0 saturated carbocycles. The van der Waals surface area contributed by atoms with Crippen LogP contribution in [0.15, 0.2) is 47.9 Å². The van der Waals surface area contributed by atoms with E-state index in [1.54, 1.807) is 6.20 Å². The summed E-state index contributed by atoms with van der Waals surface area (Å²) in [6, 6.07) is 10.5. The van der Waals surface area contributed by atoms with Gasteiger partial charge in [0, 0.05) is 18.9 Å². The molecule has 0 aliphatic heterocycles. The second-order valence-corrected chi connectivity index (χ2v) is 3.91. The molecule has 0 saturated heterocycles. The zero-order valence-electron chi connectivity index (χ0n) is 8.50. The number of benzene rings is 1. The first-order valence-corrected chi connectivity index (χ1v) is 5.55. The van der Waals surface area contributed by atoms with Gasteiger partial charge in [-0.05, 0) is 18.4 Å². The highest BCUT2D eigenvalue weighted by Crippen LogP contribution is 2.07. The minimum absolute atomic E-state index is 0.795. The van der Waals surface area contributed by atoms with E-state index >= 15 is 0 Å². The van der Waals surface area contributed by atoms with E-state index in [0.29, 0.717) is 0 Å². The Morgan fingerprint density at radius 3 is 2.67 bits per heavy atom. The van der Waals surface area contributed by atoms with Gasteiger partial charge in [-0.25, -0.2) is 4.98 Å². The summed E-state index contributed by atoms with van der Waals surface area (Å²) in [7, 11) is 0. The van der Waals surface area contributed by atoms with Gasteiger partial charge in [0.2, 0.25) is 0 Å². The molecule has 0 N–H and O–H groups in total. The van der Waals surface area contributed by atoms with Crippen molar-refractivity contribution in [1.29, 1.82) is 0 Å². The van der Waals surface area contributed by atoms with Gasteiger partial charge in [0.25, 0.3) is 0 Å². The third-order valence-electron chi connectivity index (χ3n) is 2.40.